The minimum atomic E-state index is 0.0577. The van der Waals surface area contributed by atoms with Crippen molar-refractivity contribution in [2.75, 3.05) is 13.1 Å². The Bertz CT molecular complexity index is 253. The zero-order valence-electron chi connectivity index (χ0n) is 11.6. The molecule has 17 heavy (non-hydrogen) atoms. The molecule has 0 spiro atoms. The lowest BCUT2D eigenvalue weighted by Gasteiger charge is -2.39. The number of nitrogens with zero attached hydrogens (tertiary/aromatic N) is 1. The summed E-state index contributed by atoms with van der Waals surface area (Å²) in [5.74, 6) is 0.542. The summed E-state index contributed by atoms with van der Waals surface area (Å²) in [6.07, 6.45) is 1.56. The molecule has 0 aromatic heterocycles. The molecule has 4 heteroatoms. The Morgan fingerprint density at radius 3 is 2.53 bits per heavy atom. The van der Waals surface area contributed by atoms with Crippen LogP contribution in [0.1, 0.15) is 40.5 Å². The first-order valence-corrected chi connectivity index (χ1v) is 6.69. The van der Waals surface area contributed by atoms with Crippen LogP contribution in [0.3, 0.4) is 0 Å². The first-order valence-electron chi connectivity index (χ1n) is 6.69. The Kier molecular flexibility index (Phi) is 5.40. The number of amides is 1. The summed E-state index contributed by atoms with van der Waals surface area (Å²) in [4.78, 5) is 14.1. The number of carbonyl (C=O) groups is 1. The third kappa shape index (κ3) is 4.64. The number of rotatable bonds is 4. The van der Waals surface area contributed by atoms with E-state index in [-0.39, 0.29) is 18.0 Å². The highest BCUT2D eigenvalue weighted by Crippen LogP contribution is 2.13. The molecule has 2 unspecified atom stereocenters. The minimum absolute atomic E-state index is 0.0577. The van der Waals surface area contributed by atoms with Gasteiger partial charge in [-0.25, -0.2) is 0 Å². The monoisotopic (exact) mass is 241 g/mol. The molecule has 0 aliphatic carbocycles. The molecule has 0 aromatic carbocycles. The minimum Gasteiger partial charge on any atom is -0.352 e. The highest BCUT2D eigenvalue weighted by molar-refractivity contribution is 5.76. The Morgan fingerprint density at radius 1 is 1.41 bits per heavy atom. The van der Waals surface area contributed by atoms with Gasteiger partial charge in [-0.15, -0.1) is 0 Å². The average molecular weight is 241 g/mol. The summed E-state index contributed by atoms with van der Waals surface area (Å²) in [6.45, 7) is 10.4. The quantitative estimate of drug-likeness (QED) is 0.771. The highest BCUT2D eigenvalue weighted by atomic mass is 16.1. The molecule has 1 fully saturated rings. The second kappa shape index (κ2) is 6.36. The molecule has 0 radical (unpaired) electrons. The average Bonchev–Trinajstić information content (AvgIpc) is 2.19. The molecule has 0 bridgehead atoms. The van der Waals surface area contributed by atoms with E-state index in [2.05, 4.69) is 37.9 Å². The number of carbonyl (C=O) groups excluding carboxylic acids is 1. The van der Waals surface area contributed by atoms with Crippen LogP contribution in [0.4, 0.5) is 0 Å². The number of hydrogen-bond donors (Lipinski definition) is 2. The smallest absolute Gasteiger partial charge is 0.220 e. The highest BCUT2D eigenvalue weighted by Gasteiger charge is 2.28. The Hall–Kier alpha value is -0.610. The molecular formula is C13H27N3O. The predicted octanol–water partition coefficient (Wildman–Crippen LogP) is 0.959. The van der Waals surface area contributed by atoms with E-state index in [1.807, 2.05) is 0 Å². The standard InChI is InChI=1S/C13H27N3O/c1-9(2)7-13(17)15-12-5-6-16(10(3)4)8-11(12)14/h9-12H,5-8,14H2,1-4H3,(H,15,17). The van der Waals surface area contributed by atoms with E-state index in [0.717, 1.165) is 19.5 Å². The van der Waals surface area contributed by atoms with Crippen LogP contribution in [0.2, 0.25) is 0 Å². The number of nitrogens with one attached hydrogen (secondary N) is 1. The second-order valence-corrected chi connectivity index (χ2v) is 5.81. The fraction of sp³-hybridized carbons (Fsp3) is 0.923. The molecule has 1 saturated heterocycles. The van der Waals surface area contributed by atoms with E-state index in [0.29, 0.717) is 18.4 Å². The van der Waals surface area contributed by atoms with Gasteiger partial charge in [0.25, 0.3) is 0 Å². The first-order chi connectivity index (χ1) is 7.90. The molecule has 0 saturated carbocycles. The van der Waals surface area contributed by atoms with Crippen LogP contribution >= 0.6 is 0 Å². The van der Waals surface area contributed by atoms with Crippen molar-refractivity contribution in [2.45, 2.75) is 58.7 Å². The molecular weight excluding hydrogens is 214 g/mol. The van der Waals surface area contributed by atoms with Crippen LogP contribution in [0.25, 0.3) is 0 Å². The van der Waals surface area contributed by atoms with Crippen LogP contribution in [0, 0.1) is 5.92 Å². The molecule has 1 aliphatic heterocycles. The van der Waals surface area contributed by atoms with E-state index in [4.69, 9.17) is 5.73 Å². The van der Waals surface area contributed by atoms with Gasteiger partial charge >= 0.3 is 0 Å². The lowest BCUT2D eigenvalue weighted by molar-refractivity contribution is -0.123. The van der Waals surface area contributed by atoms with Gasteiger partial charge in [0.05, 0.1) is 0 Å². The van der Waals surface area contributed by atoms with Crippen molar-refractivity contribution in [3.05, 3.63) is 0 Å². The fourth-order valence-corrected chi connectivity index (χ4v) is 2.29. The molecule has 1 amide bonds. The van der Waals surface area contributed by atoms with Crippen LogP contribution in [0.5, 0.6) is 0 Å². The summed E-state index contributed by atoms with van der Waals surface area (Å²) in [5.41, 5.74) is 6.13. The Morgan fingerprint density at radius 2 is 2.06 bits per heavy atom. The van der Waals surface area contributed by atoms with Gasteiger partial charge in [-0.3, -0.25) is 9.69 Å². The number of nitrogens with two attached hydrogens (primary N) is 1. The van der Waals surface area contributed by atoms with Gasteiger partial charge in [0.2, 0.25) is 5.91 Å². The van der Waals surface area contributed by atoms with Gasteiger partial charge in [-0.2, -0.15) is 0 Å². The predicted molar refractivity (Wildman–Crippen MR) is 70.7 cm³/mol. The molecule has 4 nitrogen and oxygen atoms in total. The van der Waals surface area contributed by atoms with Gasteiger partial charge in [-0.05, 0) is 26.2 Å². The number of likely N-dealkylation sites (tertiary alicyclic amines) is 1. The van der Waals surface area contributed by atoms with Crippen LogP contribution in [-0.2, 0) is 4.79 Å². The molecule has 1 aliphatic rings. The van der Waals surface area contributed by atoms with E-state index in [1.54, 1.807) is 0 Å². The van der Waals surface area contributed by atoms with Crippen LogP contribution in [0.15, 0.2) is 0 Å². The summed E-state index contributed by atoms with van der Waals surface area (Å²) < 4.78 is 0. The Balaban J connectivity index is 2.39. The molecule has 1 rings (SSSR count). The number of hydrogen-bond acceptors (Lipinski definition) is 3. The lowest BCUT2D eigenvalue weighted by atomic mass is 9.98. The van der Waals surface area contributed by atoms with Gasteiger partial charge < -0.3 is 11.1 Å². The van der Waals surface area contributed by atoms with Crippen molar-refractivity contribution >= 4 is 5.91 Å². The lowest BCUT2D eigenvalue weighted by Crippen LogP contribution is -2.59. The SMILES string of the molecule is CC(C)CC(=O)NC1CCN(C(C)C)CC1N. The van der Waals surface area contributed by atoms with Crippen molar-refractivity contribution in [2.24, 2.45) is 11.7 Å². The van der Waals surface area contributed by atoms with Gasteiger partial charge in [0.1, 0.15) is 0 Å². The Labute approximate surface area is 105 Å². The maximum atomic E-state index is 11.7. The normalized spacial score (nSPS) is 26.5. The van der Waals surface area contributed by atoms with Crippen molar-refractivity contribution in [3.63, 3.8) is 0 Å². The topological polar surface area (TPSA) is 58.4 Å². The third-order valence-electron chi connectivity index (χ3n) is 3.36. The molecule has 0 aromatic rings. The molecule has 1 heterocycles. The maximum absolute atomic E-state index is 11.7. The van der Waals surface area contributed by atoms with Crippen molar-refractivity contribution in [1.82, 2.24) is 10.2 Å². The second-order valence-electron chi connectivity index (χ2n) is 5.81. The molecule has 100 valence electrons. The van der Waals surface area contributed by atoms with Gasteiger partial charge in [-0.1, -0.05) is 13.8 Å². The maximum Gasteiger partial charge on any atom is 0.220 e. The van der Waals surface area contributed by atoms with Gasteiger partial charge in [0, 0.05) is 37.6 Å². The number of piperidine rings is 1. The molecule has 3 N–H and O–H groups in total. The van der Waals surface area contributed by atoms with E-state index >= 15 is 0 Å². The summed E-state index contributed by atoms with van der Waals surface area (Å²) >= 11 is 0. The summed E-state index contributed by atoms with van der Waals surface area (Å²) in [5, 5.41) is 3.07. The fourth-order valence-electron chi connectivity index (χ4n) is 2.29. The van der Waals surface area contributed by atoms with E-state index in [1.165, 1.54) is 0 Å². The first kappa shape index (κ1) is 14.5. The summed E-state index contributed by atoms with van der Waals surface area (Å²) in [7, 11) is 0. The van der Waals surface area contributed by atoms with Crippen molar-refractivity contribution < 1.29 is 4.79 Å². The van der Waals surface area contributed by atoms with E-state index in [9.17, 15) is 4.79 Å². The zero-order valence-corrected chi connectivity index (χ0v) is 11.6. The zero-order chi connectivity index (χ0) is 13.0. The van der Waals surface area contributed by atoms with Crippen LogP contribution < -0.4 is 11.1 Å². The van der Waals surface area contributed by atoms with Crippen LogP contribution in [-0.4, -0.2) is 42.0 Å². The largest absolute Gasteiger partial charge is 0.352 e. The summed E-state index contributed by atoms with van der Waals surface area (Å²) in [6, 6.07) is 0.742. The third-order valence-corrected chi connectivity index (χ3v) is 3.36. The van der Waals surface area contributed by atoms with Crippen molar-refractivity contribution in [3.8, 4) is 0 Å². The van der Waals surface area contributed by atoms with Crippen molar-refractivity contribution in [1.29, 1.82) is 0 Å². The molecule has 2 atom stereocenters. The van der Waals surface area contributed by atoms with E-state index < -0.39 is 0 Å². The van der Waals surface area contributed by atoms with Gasteiger partial charge in [0.15, 0.2) is 0 Å².